The SMILES string of the molecule is C=CC1CCN(CC(/C=C\N)=C/N)CC1.CC.CN1CCC2(CC1)CC(=O)c1ccccc12. The zero-order chi connectivity index (χ0) is 24.3. The van der Waals surface area contributed by atoms with E-state index in [1.165, 1.54) is 24.6 Å². The van der Waals surface area contributed by atoms with Gasteiger partial charge in [-0.2, -0.15) is 0 Å². The highest BCUT2D eigenvalue weighted by Gasteiger charge is 2.44. The second-order valence-electron chi connectivity index (χ2n) is 9.18. The Kier molecular flexibility index (Phi) is 10.9. The molecule has 33 heavy (non-hydrogen) atoms. The topological polar surface area (TPSA) is 75.6 Å². The lowest BCUT2D eigenvalue weighted by molar-refractivity contribution is 0.0945. The number of carbonyl (C=O) groups excluding carboxylic acids is 1. The van der Waals surface area contributed by atoms with Gasteiger partial charge in [-0.05, 0) is 94.4 Å². The van der Waals surface area contributed by atoms with Crippen LogP contribution >= 0.6 is 0 Å². The lowest BCUT2D eigenvalue weighted by Crippen LogP contribution is -2.39. The molecule has 1 spiro atoms. The number of ketones is 1. The van der Waals surface area contributed by atoms with E-state index in [2.05, 4.69) is 41.6 Å². The first-order valence-corrected chi connectivity index (χ1v) is 12.5. The third kappa shape index (κ3) is 7.05. The number of likely N-dealkylation sites (tertiary alicyclic amines) is 2. The maximum atomic E-state index is 12.0. The summed E-state index contributed by atoms with van der Waals surface area (Å²) in [4.78, 5) is 16.8. The minimum absolute atomic E-state index is 0.167. The van der Waals surface area contributed by atoms with Gasteiger partial charge >= 0.3 is 0 Å². The van der Waals surface area contributed by atoms with Crippen molar-refractivity contribution in [2.45, 2.75) is 51.4 Å². The van der Waals surface area contributed by atoms with Crippen LogP contribution in [-0.2, 0) is 5.41 Å². The predicted octanol–water partition coefficient (Wildman–Crippen LogP) is 4.46. The molecule has 4 rings (SSSR count). The van der Waals surface area contributed by atoms with Gasteiger partial charge in [-0.25, -0.2) is 0 Å². The van der Waals surface area contributed by atoms with Crippen molar-refractivity contribution < 1.29 is 4.79 Å². The lowest BCUT2D eigenvalue weighted by Gasteiger charge is -2.38. The number of benzene rings is 1. The van der Waals surface area contributed by atoms with Crippen molar-refractivity contribution in [3.05, 3.63) is 72.1 Å². The fraction of sp³-hybridized carbons (Fsp3) is 0.536. The van der Waals surface area contributed by atoms with E-state index in [1.807, 2.05) is 32.1 Å². The van der Waals surface area contributed by atoms with Crippen molar-refractivity contribution in [3.63, 3.8) is 0 Å². The summed E-state index contributed by atoms with van der Waals surface area (Å²) < 4.78 is 0. The molecule has 0 unspecified atom stereocenters. The van der Waals surface area contributed by atoms with Crippen molar-refractivity contribution in [3.8, 4) is 0 Å². The first kappa shape index (κ1) is 26.9. The maximum absolute atomic E-state index is 12.0. The van der Waals surface area contributed by atoms with Crippen LogP contribution in [0.2, 0.25) is 0 Å². The molecule has 1 aliphatic carbocycles. The van der Waals surface area contributed by atoms with Crippen molar-refractivity contribution in [2.75, 3.05) is 39.8 Å². The van der Waals surface area contributed by atoms with Crippen LogP contribution in [0.15, 0.2) is 61.0 Å². The molecular weight excluding hydrogens is 408 g/mol. The van der Waals surface area contributed by atoms with E-state index in [1.54, 1.807) is 6.20 Å². The van der Waals surface area contributed by atoms with Gasteiger partial charge in [0.05, 0.1) is 0 Å². The molecule has 0 amide bonds. The van der Waals surface area contributed by atoms with E-state index >= 15 is 0 Å². The van der Waals surface area contributed by atoms with Crippen molar-refractivity contribution >= 4 is 5.78 Å². The number of fused-ring (bicyclic) bond motifs is 2. The third-order valence-electron chi connectivity index (χ3n) is 7.14. The van der Waals surface area contributed by atoms with Crippen LogP contribution in [0.1, 0.15) is 61.9 Å². The molecule has 5 heteroatoms. The minimum Gasteiger partial charge on any atom is -0.405 e. The molecule has 3 aliphatic rings. The zero-order valence-corrected chi connectivity index (χ0v) is 20.9. The van der Waals surface area contributed by atoms with E-state index in [0.717, 1.165) is 63.1 Å². The monoisotopic (exact) mass is 452 g/mol. The largest absolute Gasteiger partial charge is 0.405 e. The summed E-state index contributed by atoms with van der Waals surface area (Å²) in [5, 5.41) is 0. The fourth-order valence-corrected chi connectivity index (χ4v) is 5.07. The molecule has 0 radical (unpaired) electrons. The summed E-state index contributed by atoms with van der Waals surface area (Å²) in [6.45, 7) is 13.2. The number of allylic oxidation sites excluding steroid dienone is 1. The van der Waals surface area contributed by atoms with Gasteiger partial charge in [-0.3, -0.25) is 9.69 Å². The first-order valence-electron chi connectivity index (χ1n) is 12.5. The summed E-state index contributed by atoms with van der Waals surface area (Å²) in [5.74, 6) is 1.04. The lowest BCUT2D eigenvalue weighted by atomic mass is 9.74. The van der Waals surface area contributed by atoms with Gasteiger partial charge in [0.1, 0.15) is 0 Å². The number of carbonyl (C=O) groups is 1. The Balaban J connectivity index is 0.000000218. The standard InChI is InChI=1S/C14H17NO.C12H21N3.C2H6/c1-15-8-6-14(7-9-15)10-13(16)11-4-2-3-5-12(11)14;1-2-11-4-7-15(8-5-11)10-12(9-14)3-6-13;1-2/h2-5H,6-10H2,1H3;2-3,6,9,11H,1,4-5,7-8,10,13-14H2;1-2H3/b;6-3-,12-9+;. The molecule has 2 heterocycles. The number of nitrogens with two attached hydrogens (primary N) is 2. The van der Waals surface area contributed by atoms with Gasteiger partial charge in [0, 0.05) is 23.9 Å². The average molecular weight is 453 g/mol. The number of piperidine rings is 2. The number of Topliss-reactive ketones (excluding diaryl/α,β-unsaturated/α-hetero) is 1. The second-order valence-corrected chi connectivity index (χ2v) is 9.18. The fourth-order valence-electron chi connectivity index (χ4n) is 5.07. The van der Waals surface area contributed by atoms with Crippen LogP contribution in [0.25, 0.3) is 0 Å². The normalized spacial score (nSPS) is 21.2. The van der Waals surface area contributed by atoms with Crippen molar-refractivity contribution in [1.82, 2.24) is 9.80 Å². The van der Waals surface area contributed by atoms with Crippen LogP contribution in [0.4, 0.5) is 0 Å². The summed E-state index contributed by atoms with van der Waals surface area (Å²) in [5.41, 5.74) is 14.4. The number of hydrogen-bond acceptors (Lipinski definition) is 5. The molecular formula is C28H44N4O. The maximum Gasteiger partial charge on any atom is 0.164 e. The highest BCUT2D eigenvalue weighted by molar-refractivity contribution is 6.02. The molecule has 182 valence electrons. The van der Waals surface area contributed by atoms with Crippen molar-refractivity contribution in [1.29, 1.82) is 0 Å². The molecule has 0 atom stereocenters. The van der Waals surface area contributed by atoms with Crippen molar-refractivity contribution in [2.24, 2.45) is 17.4 Å². The summed E-state index contributed by atoms with van der Waals surface area (Å²) in [7, 11) is 2.16. The van der Waals surface area contributed by atoms with Gasteiger partial charge in [0.2, 0.25) is 0 Å². The number of hydrogen-bond donors (Lipinski definition) is 2. The zero-order valence-electron chi connectivity index (χ0n) is 20.9. The Labute approximate surface area is 201 Å². The van der Waals surface area contributed by atoms with Crippen LogP contribution in [0.5, 0.6) is 0 Å². The smallest absolute Gasteiger partial charge is 0.164 e. The average Bonchev–Trinajstić information content (AvgIpc) is 3.14. The molecule has 1 aromatic rings. The van der Waals surface area contributed by atoms with Gasteiger partial charge in [0.25, 0.3) is 0 Å². The van der Waals surface area contributed by atoms with E-state index in [0.29, 0.717) is 11.7 Å². The second kappa shape index (κ2) is 13.4. The Hall–Kier alpha value is -2.37. The van der Waals surface area contributed by atoms with Crippen LogP contribution in [0.3, 0.4) is 0 Å². The molecule has 0 aromatic heterocycles. The Morgan fingerprint density at radius 1 is 1.12 bits per heavy atom. The summed E-state index contributed by atoms with van der Waals surface area (Å²) in [6, 6.07) is 8.19. The quantitative estimate of drug-likeness (QED) is 0.521. The van der Waals surface area contributed by atoms with Crippen LogP contribution in [-0.4, -0.2) is 55.4 Å². The highest BCUT2D eigenvalue weighted by atomic mass is 16.1. The molecule has 0 bridgehead atoms. The Morgan fingerprint density at radius 2 is 1.76 bits per heavy atom. The number of rotatable bonds is 4. The predicted molar refractivity (Wildman–Crippen MR) is 140 cm³/mol. The summed E-state index contributed by atoms with van der Waals surface area (Å²) in [6.07, 6.45) is 12.5. The minimum atomic E-state index is 0.167. The van der Waals surface area contributed by atoms with Crippen LogP contribution < -0.4 is 11.5 Å². The van der Waals surface area contributed by atoms with E-state index in [4.69, 9.17) is 11.5 Å². The van der Waals surface area contributed by atoms with Gasteiger partial charge in [-0.15, -0.1) is 6.58 Å². The molecule has 1 aromatic carbocycles. The van der Waals surface area contributed by atoms with E-state index in [9.17, 15) is 4.79 Å². The first-order chi connectivity index (χ1) is 16.0. The van der Waals surface area contributed by atoms with E-state index in [-0.39, 0.29) is 5.41 Å². The number of nitrogens with zero attached hydrogens (tertiary/aromatic N) is 2. The molecule has 2 aliphatic heterocycles. The van der Waals surface area contributed by atoms with Gasteiger partial charge in [-0.1, -0.05) is 44.2 Å². The Bertz CT molecular complexity index is 813. The van der Waals surface area contributed by atoms with E-state index < -0.39 is 0 Å². The molecule has 5 nitrogen and oxygen atoms in total. The molecule has 2 fully saturated rings. The molecule has 2 saturated heterocycles. The molecule has 0 saturated carbocycles. The Morgan fingerprint density at radius 3 is 2.33 bits per heavy atom. The third-order valence-corrected chi connectivity index (χ3v) is 7.14. The molecule has 4 N–H and O–H groups in total. The summed E-state index contributed by atoms with van der Waals surface area (Å²) >= 11 is 0. The van der Waals surface area contributed by atoms with Gasteiger partial charge < -0.3 is 16.4 Å². The van der Waals surface area contributed by atoms with Crippen LogP contribution in [0, 0.1) is 5.92 Å². The van der Waals surface area contributed by atoms with Gasteiger partial charge in [0.15, 0.2) is 5.78 Å². The highest BCUT2D eigenvalue weighted by Crippen LogP contribution is 2.45.